The van der Waals surface area contributed by atoms with Gasteiger partial charge in [-0.2, -0.15) is 0 Å². The van der Waals surface area contributed by atoms with Gasteiger partial charge in [-0.3, -0.25) is 9.59 Å². The van der Waals surface area contributed by atoms with E-state index in [-0.39, 0.29) is 23.9 Å². The van der Waals surface area contributed by atoms with E-state index in [9.17, 15) is 9.59 Å². The van der Waals surface area contributed by atoms with Crippen molar-refractivity contribution in [2.75, 3.05) is 13.1 Å². The topological polar surface area (TPSA) is 58.4 Å². The van der Waals surface area contributed by atoms with Gasteiger partial charge in [-0.25, -0.2) is 4.98 Å². The first-order chi connectivity index (χ1) is 13.6. The molecule has 6 nitrogen and oxygen atoms in total. The minimum Gasteiger partial charge on any atom is -0.337 e. The first-order valence-electron chi connectivity index (χ1n) is 9.35. The van der Waals surface area contributed by atoms with Crippen molar-refractivity contribution >= 4 is 23.2 Å². The SMILES string of the molecule is Cc1nc(C(=O)N2C[C@@H]3[C@H](C2)n2cccc2C(=O)N3Cc2ccccc2)cs1. The van der Waals surface area contributed by atoms with Gasteiger partial charge in [-0.1, -0.05) is 30.3 Å². The van der Waals surface area contributed by atoms with Crippen LogP contribution >= 0.6 is 11.3 Å². The molecule has 2 amide bonds. The predicted molar refractivity (Wildman–Crippen MR) is 106 cm³/mol. The number of rotatable bonds is 3. The highest BCUT2D eigenvalue weighted by Crippen LogP contribution is 2.35. The van der Waals surface area contributed by atoms with Crippen LogP contribution in [0.4, 0.5) is 0 Å². The van der Waals surface area contributed by atoms with Crippen molar-refractivity contribution in [2.45, 2.75) is 25.6 Å². The lowest BCUT2D eigenvalue weighted by molar-refractivity contribution is 0.0550. The Kier molecular flexibility index (Phi) is 4.05. The Bertz CT molecular complexity index is 1040. The average molecular weight is 392 g/mol. The summed E-state index contributed by atoms with van der Waals surface area (Å²) >= 11 is 1.48. The molecule has 1 aromatic carbocycles. The van der Waals surface area contributed by atoms with Gasteiger partial charge in [0.25, 0.3) is 11.8 Å². The third-order valence-corrected chi connectivity index (χ3v) is 6.37. The molecule has 2 atom stereocenters. The molecule has 2 aliphatic rings. The second-order valence-electron chi connectivity index (χ2n) is 7.32. The summed E-state index contributed by atoms with van der Waals surface area (Å²) in [5.41, 5.74) is 2.28. The number of hydrogen-bond acceptors (Lipinski definition) is 4. The van der Waals surface area contributed by atoms with E-state index >= 15 is 0 Å². The number of fused-ring (bicyclic) bond motifs is 3. The van der Waals surface area contributed by atoms with Gasteiger partial charge in [0.2, 0.25) is 0 Å². The van der Waals surface area contributed by atoms with Crippen LogP contribution in [0.1, 0.15) is 37.6 Å². The maximum Gasteiger partial charge on any atom is 0.273 e. The molecular weight excluding hydrogens is 372 g/mol. The van der Waals surface area contributed by atoms with Crippen LogP contribution in [0.5, 0.6) is 0 Å². The molecule has 0 radical (unpaired) electrons. The lowest BCUT2D eigenvalue weighted by Crippen LogP contribution is -2.49. The molecule has 0 bridgehead atoms. The summed E-state index contributed by atoms with van der Waals surface area (Å²) in [6.45, 7) is 3.55. The number of aromatic nitrogens is 2. The fourth-order valence-electron chi connectivity index (χ4n) is 4.27. The van der Waals surface area contributed by atoms with Gasteiger partial charge in [0, 0.05) is 31.2 Å². The molecule has 1 fully saturated rings. The molecule has 0 unspecified atom stereocenters. The Morgan fingerprint density at radius 2 is 1.93 bits per heavy atom. The van der Waals surface area contributed by atoms with Crippen molar-refractivity contribution in [3.05, 3.63) is 76.0 Å². The van der Waals surface area contributed by atoms with E-state index in [4.69, 9.17) is 0 Å². The van der Waals surface area contributed by atoms with E-state index in [2.05, 4.69) is 4.98 Å². The van der Waals surface area contributed by atoms with Crippen molar-refractivity contribution in [3.63, 3.8) is 0 Å². The van der Waals surface area contributed by atoms with E-state index in [1.54, 1.807) is 0 Å². The first kappa shape index (κ1) is 17.2. The smallest absolute Gasteiger partial charge is 0.273 e. The quantitative estimate of drug-likeness (QED) is 0.689. The van der Waals surface area contributed by atoms with Crippen LogP contribution in [0.2, 0.25) is 0 Å². The van der Waals surface area contributed by atoms with E-state index < -0.39 is 0 Å². The molecule has 0 saturated carbocycles. The molecular formula is C21H20N4O2S. The second-order valence-corrected chi connectivity index (χ2v) is 8.38. The Morgan fingerprint density at radius 3 is 2.68 bits per heavy atom. The van der Waals surface area contributed by atoms with Crippen LogP contribution in [-0.2, 0) is 6.54 Å². The highest BCUT2D eigenvalue weighted by Gasteiger charge is 2.46. The fourth-order valence-corrected chi connectivity index (χ4v) is 4.86. The molecule has 1 saturated heterocycles. The Labute approximate surface area is 167 Å². The lowest BCUT2D eigenvalue weighted by Gasteiger charge is -2.38. The number of aryl methyl sites for hydroxylation is 1. The second kappa shape index (κ2) is 6.60. The molecule has 7 heteroatoms. The lowest BCUT2D eigenvalue weighted by atomic mass is 10.0. The standard InChI is InChI=1S/C21H20N4O2S/c1-14-22-16(13-28-14)20(26)23-11-18-19(12-23)25(10-15-6-3-2-4-7-15)21(27)17-8-5-9-24(17)18/h2-9,13,18-19H,10-12H2,1H3/t18-,19+/m0/s1. The number of carbonyl (C=O) groups is 2. The highest BCUT2D eigenvalue weighted by molar-refractivity contribution is 7.09. The van der Waals surface area contributed by atoms with Crippen LogP contribution in [0.15, 0.2) is 54.0 Å². The normalized spacial score (nSPS) is 21.0. The summed E-state index contributed by atoms with van der Waals surface area (Å²) in [6, 6.07) is 13.8. The van der Waals surface area contributed by atoms with Crippen molar-refractivity contribution in [2.24, 2.45) is 0 Å². The summed E-state index contributed by atoms with van der Waals surface area (Å²) in [7, 11) is 0. The summed E-state index contributed by atoms with van der Waals surface area (Å²) in [4.78, 5) is 34.2. The number of nitrogens with zero attached hydrogens (tertiary/aromatic N) is 4. The van der Waals surface area contributed by atoms with Crippen LogP contribution in [0.25, 0.3) is 0 Å². The zero-order chi connectivity index (χ0) is 19.3. The number of benzene rings is 1. The molecule has 142 valence electrons. The minimum absolute atomic E-state index is 0.0221. The van der Waals surface area contributed by atoms with Crippen LogP contribution in [0.3, 0.4) is 0 Å². The average Bonchev–Trinajstić information content (AvgIpc) is 3.44. The van der Waals surface area contributed by atoms with E-state index in [1.165, 1.54) is 11.3 Å². The third-order valence-electron chi connectivity index (χ3n) is 5.60. The Morgan fingerprint density at radius 1 is 1.14 bits per heavy atom. The predicted octanol–water partition coefficient (Wildman–Crippen LogP) is 2.97. The maximum absolute atomic E-state index is 13.2. The maximum atomic E-state index is 13.2. The zero-order valence-corrected chi connectivity index (χ0v) is 16.3. The van der Waals surface area contributed by atoms with Gasteiger partial charge >= 0.3 is 0 Å². The van der Waals surface area contributed by atoms with Crippen molar-refractivity contribution in [3.8, 4) is 0 Å². The molecule has 2 aromatic heterocycles. The number of likely N-dealkylation sites (tertiary alicyclic amines) is 1. The summed E-state index contributed by atoms with van der Waals surface area (Å²) in [6.07, 6.45) is 1.95. The molecule has 2 aliphatic heterocycles. The monoisotopic (exact) mass is 392 g/mol. The molecule has 28 heavy (non-hydrogen) atoms. The summed E-state index contributed by atoms with van der Waals surface area (Å²) in [5, 5.41) is 2.70. The minimum atomic E-state index is -0.0560. The Hall–Kier alpha value is -2.93. The number of thiazole rings is 1. The van der Waals surface area contributed by atoms with Gasteiger partial charge in [0.05, 0.1) is 17.1 Å². The van der Waals surface area contributed by atoms with Gasteiger partial charge in [0.1, 0.15) is 11.4 Å². The summed E-state index contributed by atoms with van der Waals surface area (Å²) in [5.74, 6) is -0.0338. The van der Waals surface area contributed by atoms with Crippen LogP contribution in [0, 0.1) is 6.92 Å². The van der Waals surface area contributed by atoms with Gasteiger partial charge in [-0.15, -0.1) is 11.3 Å². The van der Waals surface area contributed by atoms with Crippen molar-refractivity contribution in [1.29, 1.82) is 0 Å². The summed E-state index contributed by atoms with van der Waals surface area (Å²) < 4.78 is 2.04. The molecule has 0 N–H and O–H groups in total. The molecule has 0 spiro atoms. The largest absolute Gasteiger partial charge is 0.337 e. The number of hydrogen-bond donors (Lipinski definition) is 0. The van der Waals surface area contributed by atoms with E-state index in [0.717, 1.165) is 10.6 Å². The zero-order valence-electron chi connectivity index (χ0n) is 15.5. The van der Waals surface area contributed by atoms with Crippen molar-refractivity contribution < 1.29 is 9.59 Å². The van der Waals surface area contributed by atoms with Gasteiger partial charge in [0.15, 0.2) is 0 Å². The van der Waals surface area contributed by atoms with Gasteiger partial charge in [-0.05, 0) is 24.6 Å². The molecule has 3 aromatic rings. The third kappa shape index (κ3) is 2.74. The number of amides is 2. The molecule has 4 heterocycles. The number of carbonyl (C=O) groups excluding carboxylic acids is 2. The van der Waals surface area contributed by atoms with Crippen LogP contribution in [-0.4, -0.2) is 50.3 Å². The molecule has 0 aliphatic carbocycles. The highest BCUT2D eigenvalue weighted by atomic mass is 32.1. The molecule has 5 rings (SSSR count). The van der Waals surface area contributed by atoms with E-state index in [0.29, 0.717) is 31.0 Å². The fraction of sp³-hybridized carbons (Fsp3) is 0.286. The van der Waals surface area contributed by atoms with Crippen LogP contribution < -0.4 is 0 Å². The Balaban J connectivity index is 1.47. The van der Waals surface area contributed by atoms with E-state index in [1.807, 2.05) is 75.3 Å². The van der Waals surface area contributed by atoms with Gasteiger partial charge < -0.3 is 14.4 Å². The first-order valence-corrected chi connectivity index (χ1v) is 10.2. The van der Waals surface area contributed by atoms with Crippen molar-refractivity contribution in [1.82, 2.24) is 19.4 Å².